The van der Waals surface area contributed by atoms with Gasteiger partial charge in [-0.3, -0.25) is 0 Å². The number of carbonyl (C=O) groups is 1. The highest BCUT2D eigenvalue weighted by molar-refractivity contribution is 7.13. The largest absolute Gasteiger partial charge is 0.477 e. The van der Waals surface area contributed by atoms with Gasteiger partial charge in [0.25, 0.3) is 0 Å². The second-order valence-electron chi connectivity index (χ2n) is 4.43. The normalized spacial score (nSPS) is 10.6. The number of rotatable bonds is 3. The van der Waals surface area contributed by atoms with Crippen LogP contribution in [0.25, 0.3) is 0 Å². The zero-order valence-corrected chi connectivity index (χ0v) is 11.5. The number of aromatic nitrogens is 1. The number of aryl methyl sites for hydroxylation is 3. The molecule has 0 saturated heterocycles. The average Bonchev–Trinajstić information content (AvgIpc) is 2.65. The molecule has 0 bridgehead atoms. The van der Waals surface area contributed by atoms with Crippen LogP contribution in [0.1, 0.15) is 37.1 Å². The number of nitrogens with zero attached hydrogens (tertiary/aromatic N) is 1. The van der Waals surface area contributed by atoms with Gasteiger partial charge in [-0.25, -0.2) is 9.78 Å². The molecule has 94 valence electrons. The molecule has 1 aromatic heterocycles. The van der Waals surface area contributed by atoms with Crippen molar-refractivity contribution in [3.8, 4) is 0 Å². The van der Waals surface area contributed by atoms with Gasteiger partial charge in [-0.2, -0.15) is 0 Å². The van der Waals surface area contributed by atoms with E-state index in [1.807, 2.05) is 0 Å². The van der Waals surface area contributed by atoms with E-state index < -0.39 is 5.97 Å². The van der Waals surface area contributed by atoms with Crippen molar-refractivity contribution in [2.45, 2.75) is 27.2 Å². The van der Waals surface area contributed by atoms with Crippen molar-refractivity contribution in [1.29, 1.82) is 0 Å². The third-order valence-electron chi connectivity index (χ3n) is 2.88. The number of benzene rings is 1. The Morgan fingerprint density at radius 1 is 1.33 bits per heavy atom. The summed E-state index contributed by atoms with van der Waals surface area (Å²) in [5.74, 6) is -0.891. The van der Waals surface area contributed by atoms with E-state index in [4.69, 9.17) is 5.11 Å². The molecule has 0 radical (unpaired) electrons. The Labute approximate surface area is 110 Å². The van der Waals surface area contributed by atoms with Crippen LogP contribution in [0.15, 0.2) is 18.2 Å². The molecule has 0 amide bonds. The molecule has 1 N–H and O–H groups in total. The van der Waals surface area contributed by atoms with Crippen LogP contribution >= 0.6 is 11.3 Å². The number of carboxylic acids is 1. The molecule has 3 nitrogen and oxygen atoms in total. The van der Waals surface area contributed by atoms with E-state index in [1.54, 1.807) is 6.92 Å². The molecule has 0 fully saturated rings. The molecule has 0 aliphatic carbocycles. The quantitative estimate of drug-likeness (QED) is 0.921. The Bertz CT molecular complexity index is 602. The SMILES string of the molecule is Cc1ccc(C)c(Cc2nc(C)c(C(=O)O)s2)c1. The lowest BCUT2D eigenvalue weighted by atomic mass is 10.0. The first-order valence-electron chi connectivity index (χ1n) is 5.73. The van der Waals surface area contributed by atoms with Gasteiger partial charge in [0.1, 0.15) is 4.88 Å². The molecular formula is C14H15NO2S. The summed E-state index contributed by atoms with van der Waals surface area (Å²) in [7, 11) is 0. The minimum absolute atomic E-state index is 0.343. The summed E-state index contributed by atoms with van der Waals surface area (Å²) in [6, 6.07) is 6.30. The molecule has 0 aliphatic rings. The molecule has 2 rings (SSSR count). The van der Waals surface area contributed by atoms with Gasteiger partial charge < -0.3 is 5.11 Å². The van der Waals surface area contributed by atoms with Crippen molar-refractivity contribution in [2.75, 3.05) is 0 Å². The first-order valence-corrected chi connectivity index (χ1v) is 6.54. The van der Waals surface area contributed by atoms with Crippen molar-refractivity contribution >= 4 is 17.3 Å². The van der Waals surface area contributed by atoms with Gasteiger partial charge in [-0.1, -0.05) is 23.8 Å². The highest BCUT2D eigenvalue weighted by Gasteiger charge is 2.14. The standard InChI is InChI=1S/C14H15NO2S/c1-8-4-5-9(2)11(6-8)7-12-15-10(3)13(18-12)14(16)17/h4-6H,7H2,1-3H3,(H,16,17). The zero-order valence-electron chi connectivity index (χ0n) is 10.7. The second kappa shape index (κ2) is 4.90. The number of aromatic carboxylic acids is 1. The number of hydrogen-bond acceptors (Lipinski definition) is 3. The van der Waals surface area contributed by atoms with Gasteiger partial charge in [0.15, 0.2) is 0 Å². The molecule has 0 unspecified atom stereocenters. The van der Waals surface area contributed by atoms with E-state index in [-0.39, 0.29) is 0 Å². The fourth-order valence-electron chi connectivity index (χ4n) is 1.88. The molecule has 0 aliphatic heterocycles. The summed E-state index contributed by atoms with van der Waals surface area (Å²) in [6.45, 7) is 5.86. The maximum atomic E-state index is 11.0. The molecular weight excluding hydrogens is 246 g/mol. The number of carboxylic acid groups (broad SMARTS) is 1. The smallest absolute Gasteiger partial charge is 0.347 e. The van der Waals surface area contributed by atoms with Crippen LogP contribution in [0.5, 0.6) is 0 Å². The highest BCUT2D eigenvalue weighted by atomic mass is 32.1. The minimum atomic E-state index is -0.891. The van der Waals surface area contributed by atoms with Crippen LogP contribution in [-0.4, -0.2) is 16.1 Å². The van der Waals surface area contributed by atoms with E-state index >= 15 is 0 Å². The monoisotopic (exact) mass is 261 g/mol. The Morgan fingerprint density at radius 2 is 2.06 bits per heavy atom. The first kappa shape index (κ1) is 12.8. The van der Waals surface area contributed by atoms with E-state index in [0.717, 1.165) is 5.01 Å². The highest BCUT2D eigenvalue weighted by Crippen LogP contribution is 2.22. The summed E-state index contributed by atoms with van der Waals surface area (Å²) in [4.78, 5) is 15.7. The van der Waals surface area contributed by atoms with Crippen LogP contribution in [0.3, 0.4) is 0 Å². The summed E-state index contributed by atoms with van der Waals surface area (Å²) < 4.78 is 0. The van der Waals surface area contributed by atoms with E-state index in [2.05, 4.69) is 37.0 Å². The summed E-state index contributed by atoms with van der Waals surface area (Å²) in [5, 5.41) is 9.87. The molecule has 18 heavy (non-hydrogen) atoms. The Morgan fingerprint density at radius 3 is 2.67 bits per heavy atom. The van der Waals surface area contributed by atoms with Crippen molar-refractivity contribution in [2.24, 2.45) is 0 Å². The lowest BCUT2D eigenvalue weighted by molar-refractivity contribution is 0.0701. The Kier molecular flexibility index (Phi) is 3.48. The van der Waals surface area contributed by atoms with Gasteiger partial charge in [-0.15, -0.1) is 11.3 Å². The minimum Gasteiger partial charge on any atom is -0.477 e. The zero-order chi connectivity index (χ0) is 13.3. The van der Waals surface area contributed by atoms with Gasteiger partial charge in [0.05, 0.1) is 10.7 Å². The summed E-state index contributed by atoms with van der Waals surface area (Å²) >= 11 is 1.27. The Hall–Kier alpha value is -1.68. The number of hydrogen-bond donors (Lipinski definition) is 1. The van der Waals surface area contributed by atoms with Crippen molar-refractivity contribution in [3.63, 3.8) is 0 Å². The maximum Gasteiger partial charge on any atom is 0.347 e. The fourth-order valence-corrected chi connectivity index (χ4v) is 2.81. The van der Waals surface area contributed by atoms with Crippen molar-refractivity contribution < 1.29 is 9.90 Å². The topological polar surface area (TPSA) is 50.2 Å². The Balaban J connectivity index is 2.31. The van der Waals surface area contributed by atoms with Gasteiger partial charge in [0, 0.05) is 6.42 Å². The average molecular weight is 261 g/mol. The maximum absolute atomic E-state index is 11.0. The second-order valence-corrected chi connectivity index (χ2v) is 5.52. The van der Waals surface area contributed by atoms with Crippen LogP contribution in [0, 0.1) is 20.8 Å². The predicted octanol–water partition coefficient (Wildman–Crippen LogP) is 3.36. The first-order chi connectivity index (χ1) is 8.47. The van der Waals surface area contributed by atoms with Gasteiger partial charge in [0.2, 0.25) is 0 Å². The third-order valence-corrected chi connectivity index (χ3v) is 4.03. The molecule has 1 aromatic carbocycles. The summed E-state index contributed by atoms with van der Waals surface area (Å²) in [6.07, 6.45) is 0.701. The van der Waals surface area contributed by atoms with Crippen LogP contribution in [-0.2, 0) is 6.42 Å². The lowest BCUT2D eigenvalue weighted by Crippen LogP contribution is -1.94. The molecule has 0 saturated carbocycles. The van der Waals surface area contributed by atoms with Gasteiger partial charge >= 0.3 is 5.97 Å². The van der Waals surface area contributed by atoms with E-state index in [0.29, 0.717) is 17.0 Å². The molecule has 0 spiro atoms. The van der Waals surface area contributed by atoms with Crippen LogP contribution in [0.4, 0.5) is 0 Å². The van der Waals surface area contributed by atoms with Crippen LogP contribution < -0.4 is 0 Å². The molecule has 0 atom stereocenters. The van der Waals surface area contributed by atoms with E-state index in [9.17, 15) is 4.79 Å². The summed E-state index contributed by atoms with van der Waals surface area (Å²) in [5.41, 5.74) is 4.24. The molecule has 1 heterocycles. The fraction of sp³-hybridized carbons (Fsp3) is 0.286. The molecule has 4 heteroatoms. The van der Waals surface area contributed by atoms with Crippen molar-refractivity contribution in [3.05, 3.63) is 50.5 Å². The predicted molar refractivity (Wildman–Crippen MR) is 72.5 cm³/mol. The van der Waals surface area contributed by atoms with Gasteiger partial charge in [-0.05, 0) is 31.9 Å². The van der Waals surface area contributed by atoms with Crippen molar-refractivity contribution in [1.82, 2.24) is 4.98 Å². The lowest BCUT2D eigenvalue weighted by Gasteiger charge is -2.04. The number of thiazole rings is 1. The van der Waals surface area contributed by atoms with E-state index in [1.165, 1.54) is 28.0 Å². The van der Waals surface area contributed by atoms with Crippen LogP contribution in [0.2, 0.25) is 0 Å². The third kappa shape index (κ3) is 2.59. The molecule has 2 aromatic rings.